The summed E-state index contributed by atoms with van der Waals surface area (Å²) in [6.07, 6.45) is 1.69. The first-order valence-corrected chi connectivity index (χ1v) is 14.2. The minimum absolute atomic E-state index is 0.143. The molecule has 0 saturated carbocycles. The maximum absolute atomic E-state index is 14.2. The minimum atomic E-state index is -3.22. The van der Waals surface area contributed by atoms with Crippen LogP contribution < -0.4 is 4.74 Å². The quantitative estimate of drug-likeness (QED) is 0.464. The maximum Gasteiger partial charge on any atom is 0.233 e. The Kier molecular flexibility index (Phi) is 9.27. The Hall–Kier alpha value is -1.91. The number of likely N-dealkylation sites (N-methyl/N-ethyl adjacent to an activating group) is 1. The molecule has 1 heterocycles. The number of carbonyl (C=O) groups excluding carboxylic acids is 1. The zero-order valence-corrected chi connectivity index (χ0v) is 23.3. The van der Waals surface area contributed by atoms with Crippen LogP contribution in [0.2, 0.25) is 10.0 Å². The summed E-state index contributed by atoms with van der Waals surface area (Å²) in [6.45, 7) is 4.67. The highest BCUT2D eigenvalue weighted by molar-refractivity contribution is 7.88. The van der Waals surface area contributed by atoms with Gasteiger partial charge in [0.2, 0.25) is 15.9 Å². The fourth-order valence-corrected chi connectivity index (χ4v) is 5.58. The summed E-state index contributed by atoms with van der Waals surface area (Å²) in [6, 6.07) is 9.81. The van der Waals surface area contributed by atoms with Gasteiger partial charge in [-0.15, -0.1) is 0 Å². The molecule has 198 valence electrons. The van der Waals surface area contributed by atoms with Crippen molar-refractivity contribution in [3.63, 3.8) is 0 Å². The predicted octanol–water partition coefficient (Wildman–Crippen LogP) is 4.02. The lowest BCUT2D eigenvalue weighted by Gasteiger charge is -2.38. The highest BCUT2D eigenvalue weighted by atomic mass is 35.5. The van der Waals surface area contributed by atoms with Crippen molar-refractivity contribution in [1.29, 1.82) is 0 Å². The average molecular weight is 561 g/mol. The van der Waals surface area contributed by atoms with Gasteiger partial charge in [0.25, 0.3) is 0 Å². The molecule has 1 amide bonds. The molecule has 0 aromatic heterocycles. The van der Waals surface area contributed by atoms with Crippen LogP contribution in [0.5, 0.6) is 5.75 Å². The summed E-state index contributed by atoms with van der Waals surface area (Å²) in [5.74, 6) is -0.493. The number of benzene rings is 2. The van der Waals surface area contributed by atoms with E-state index < -0.39 is 21.3 Å². The number of halogens is 3. The van der Waals surface area contributed by atoms with Crippen LogP contribution in [0.15, 0.2) is 36.4 Å². The largest absolute Gasteiger partial charge is 0.494 e. The van der Waals surface area contributed by atoms with Crippen LogP contribution in [0.1, 0.15) is 24.5 Å². The van der Waals surface area contributed by atoms with E-state index in [4.69, 9.17) is 27.9 Å². The van der Waals surface area contributed by atoms with Crippen molar-refractivity contribution in [1.82, 2.24) is 14.1 Å². The zero-order chi connectivity index (χ0) is 26.7. The summed E-state index contributed by atoms with van der Waals surface area (Å²) >= 11 is 12.4. The number of amides is 1. The van der Waals surface area contributed by atoms with E-state index in [2.05, 4.69) is 4.90 Å². The molecule has 11 heteroatoms. The van der Waals surface area contributed by atoms with E-state index >= 15 is 0 Å². The second-order valence-electron chi connectivity index (χ2n) is 9.34. The molecule has 1 atom stereocenters. The number of methoxy groups -OCH3 is 1. The predicted molar refractivity (Wildman–Crippen MR) is 141 cm³/mol. The number of rotatable bonds is 9. The second-order valence-corrected chi connectivity index (χ2v) is 12.1. The van der Waals surface area contributed by atoms with E-state index in [1.54, 1.807) is 36.2 Å². The van der Waals surface area contributed by atoms with Crippen molar-refractivity contribution >= 4 is 39.1 Å². The molecule has 3 rings (SSSR count). The molecule has 1 fully saturated rings. The SMILES string of the molecule is COc1ccc(CN(C)C(=O)C(C)(CCN2CCN(S(C)(=O)=O)CC2)c2ccc(Cl)c(Cl)c2)cc1F. The molecule has 0 N–H and O–H groups in total. The minimum Gasteiger partial charge on any atom is -0.494 e. The standard InChI is InChI=1S/C25H32Cl2FN3O4S/c1-25(19-6-7-20(26)21(27)16-19,9-10-30-11-13-31(14-12-30)36(4,33)34)24(32)29(2)17-18-5-8-23(35-3)22(28)15-18/h5-8,15-16H,9-14,17H2,1-4H3. The molecule has 0 bridgehead atoms. The number of carbonyl (C=O) groups is 1. The van der Waals surface area contributed by atoms with Crippen LogP contribution in [-0.2, 0) is 26.8 Å². The van der Waals surface area contributed by atoms with Crippen LogP contribution in [0.25, 0.3) is 0 Å². The Balaban J connectivity index is 1.80. The first-order chi connectivity index (χ1) is 16.8. The van der Waals surface area contributed by atoms with Gasteiger partial charge in [0.15, 0.2) is 11.6 Å². The zero-order valence-electron chi connectivity index (χ0n) is 20.9. The van der Waals surface area contributed by atoms with Crippen LogP contribution in [0, 0.1) is 5.82 Å². The molecule has 1 unspecified atom stereocenters. The van der Waals surface area contributed by atoms with E-state index in [1.807, 2.05) is 6.92 Å². The van der Waals surface area contributed by atoms with Gasteiger partial charge in [-0.2, -0.15) is 4.31 Å². The van der Waals surface area contributed by atoms with Crippen LogP contribution in [0.4, 0.5) is 4.39 Å². The van der Waals surface area contributed by atoms with E-state index in [0.29, 0.717) is 54.8 Å². The van der Waals surface area contributed by atoms with Crippen LogP contribution in [0.3, 0.4) is 0 Å². The highest BCUT2D eigenvalue weighted by Crippen LogP contribution is 2.35. The Morgan fingerprint density at radius 3 is 2.33 bits per heavy atom. The lowest BCUT2D eigenvalue weighted by molar-refractivity contribution is -0.136. The van der Waals surface area contributed by atoms with Gasteiger partial charge in [-0.05, 0) is 55.3 Å². The fourth-order valence-electron chi connectivity index (χ4n) is 4.46. The first-order valence-electron chi connectivity index (χ1n) is 11.6. The lowest BCUT2D eigenvalue weighted by Crippen LogP contribution is -2.50. The average Bonchev–Trinajstić information content (AvgIpc) is 2.83. The number of hydrogen-bond acceptors (Lipinski definition) is 5. The molecule has 0 radical (unpaired) electrons. The Labute approximate surface area is 222 Å². The third kappa shape index (κ3) is 6.69. The fraction of sp³-hybridized carbons (Fsp3) is 0.480. The highest BCUT2D eigenvalue weighted by Gasteiger charge is 2.38. The van der Waals surface area contributed by atoms with Gasteiger partial charge < -0.3 is 14.5 Å². The van der Waals surface area contributed by atoms with E-state index in [0.717, 1.165) is 5.56 Å². The molecule has 7 nitrogen and oxygen atoms in total. The first kappa shape index (κ1) is 28.7. The van der Waals surface area contributed by atoms with Crippen molar-refractivity contribution in [3.05, 3.63) is 63.4 Å². The number of sulfonamides is 1. The van der Waals surface area contributed by atoms with Gasteiger partial charge in [-0.1, -0.05) is 35.3 Å². The van der Waals surface area contributed by atoms with Crippen LogP contribution in [-0.4, -0.2) is 81.6 Å². The molecule has 2 aromatic carbocycles. The third-order valence-corrected chi connectivity index (χ3v) is 8.78. The number of nitrogens with zero attached hydrogens (tertiary/aromatic N) is 3. The van der Waals surface area contributed by atoms with Gasteiger partial charge in [0.1, 0.15) is 0 Å². The summed E-state index contributed by atoms with van der Waals surface area (Å²) in [4.78, 5) is 17.6. The Morgan fingerprint density at radius 1 is 1.11 bits per heavy atom. The molecule has 0 spiro atoms. The molecular formula is C25H32Cl2FN3O4S. The molecule has 0 aliphatic carbocycles. The van der Waals surface area contributed by atoms with Gasteiger partial charge >= 0.3 is 0 Å². The molecular weight excluding hydrogens is 528 g/mol. The summed E-state index contributed by atoms with van der Waals surface area (Å²) in [5, 5.41) is 0.754. The molecule has 1 aliphatic rings. The maximum atomic E-state index is 14.2. The Bertz CT molecular complexity index is 1210. The van der Waals surface area contributed by atoms with Crippen LogP contribution >= 0.6 is 23.2 Å². The van der Waals surface area contributed by atoms with Crippen molar-refractivity contribution in [3.8, 4) is 5.75 Å². The Morgan fingerprint density at radius 2 is 1.78 bits per heavy atom. The lowest BCUT2D eigenvalue weighted by atomic mass is 9.77. The van der Waals surface area contributed by atoms with E-state index in [9.17, 15) is 17.6 Å². The second kappa shape index (κ2) is 11.6. The molecule has 36 heavy (non-hydrogen) atoms. The molecule has 1 aliphatic heterocycles. The van der Waals surface area contributed by atoms with E-state index in [-0.39, 0.29) is 18.2 Å². The van der Waals surface area contributed by atoms with Crippen molar-refractivity contribution in [2.24, 2.45) is 0 Å². The van der Waals surface area contributed by atoms with E-state index in [1.165, 1.54) is 29.8 Å². The third-order valence-electron chi connectivity index (χ3n) is 6.74. The molecule has 2 aromatic rings. The smallest absolute Gasteiger partial charge is 0.233 e. The van der Waals surface area contributed by atoms with Crippen molar-refractivity contribution in [2.75, 3.05) is 53.1 Å². The number of ether oxygens (including phenoxy) is 1. The monoisotopic (exact) mass is 559 g/mol. The summed E-state index contributed by atoms with van der Waals surface area (Å²) < 4.78 is 44.3. The topological polar surface area (TPSA) is 70.2 Å². The normalized spacial score (nSPS) is 17.0. The van der Waals surface area contributed by atoms with Gasteiger partial charge in [0, 0.05) is 39.8 Å². The van der Waals surface area contributed by atoms with Crippen molar-refractivity contribution < 1.29 is 22.3 Å². The van der Waals surface area contributed by atoms with Gasteiger partial charge in [-0.3, -0.25) is 4.79 Å². The summed E-state index contributed by atoms with van der Waals surface area (Å²) in [7, 11) is -0.136. The van der Waals surface area contributed by atoms with Crippen molar-refractivity contribution in [2.45, 2.75) is 25.3 Å². The molecule has 1 saturated heterocycles. The van der Waals surface area contributed by atoms with Gasteiger partial charge in [-0.25, -0.2) is 12.8 Å². The summed E-state index contributed by atoms with van der Waals surface area (Å²) in [5.41, 5.74) is 0.420. The van der Waals surface area contributed by atoms with Gasteiger partial charge in [0.05, 0.1) is 28.8 Å². The number of piperazine rings is 1. The number of hydrogen-bond donors (Lipinski definition) is 0.